The summed E-state index contributed by atoms with van der Waals surface area (Å²) in [4.78, 5) is 0. The van der Waals surface area contributed by atoms with Crippen molar-refractivity contribution in [1.29, 1.82) is 0 Å². The Hall–Kier alpha value is -0.870. The molecule has 0 fully saturated rings. The summed E-state index contributed by atoms with van der Waals surface area (Å²) in [6.45, 7) is 5.60. The first-order valence-corrected chi connectivity index (χ1v) is 8.04. The highest BCUT2D eigenvalue weighted by Crippen LogP contribution is 2.25. The third kappa shape index (κ3) is 6.21. The maximum atomic E-state index is 9.30. The summed E-state index contributed by atoms with van der Waals surface area (Å²) in [7, 11) is 0. The Bertz CT molecular complexity index is 355. The number of hydrogen-bond acceptors (Lipinski definition) is 4. The summed E-state index contributed by atoms with van der Waals surface area (Å²) < 4.78 is 11.3. The smallest absolute Gasteiger partial charge is 0.128 e. The molecule has 0 unspecified atom stereocenters. The molecule has 0 saturated heterocycles. The molecule has 19 heavy (non-hydrogen) atoms. The molecule has 0 heterocycles. The minimum Gasteiger partial charge on any atom is -0.493 e. The number of thioether (sulfide) groups is 1. The molecule has 0 atom stereocenters. The molecule has 0 amide bonds. The van der Waals surface area contributed by atoms with Gasteiger partial charge in [-0.1, -0.05) is 13.8 Å². The van der Waals surface area contributed by atoms with Crippen LogP contribution in [0.3, 0.4) is 0 Å². The third-order valence-corrected chi connectivity index (χ3v) is 3.56. The second-order valence-corrected chi connectivity index (χ2v) is 5.57. The predicted molar refractivity (Wildman–Crippen MR) is 81.3 cm³/mol. The SMILES string of the molecule is CCCOc1ccc(CO)c(OCCCSCC)c1. The minimum atomic E-state index is -0.00684. The maximum Gasteiger partial charge on any atom is 0.128 e. The van der Waals surface area contributed by atoms with Gasteiger partial charge in [0.2, 0.25) is 0 Å². The molecule has 108 valence electrons. The van der Waals surface area contributed by atoms with Gasteiger partial charge in [-0.2, -0.15) is 11.8 Å². The molecular formula is C15H24O3S. The Morgan fingerprint density at radius 3 is 2.68 bits per heavy atom. The van der Waals surface area contributed by atoms with Crippen LogP contribution in [-0.2, 0) is 6.61 Å². The van der Waals surface area contributed by atoms with Gasteiger partial charge in [-0.3, -0.25) is 0 Å². The van der Waals surface area contributed by atoms with Crippen LogP contribution < -0.4 is 9.47 Å². The molecule has 0 saturated carbocycles. The van der Waals surface area contributed by atoms with E-state index >= 15 is 0 Å². The second kappa shape index (κ2) is 9.98. The highest BCUT2D eigenvalue weighted by Gasteiger charge is 2.05. The van der Waals surface area contributed by atoms with E-state index in [9.17, 15) is 5.11 Å². The van der Waals surface area contributed by atoms with Gasteiger partial charge in [-0.15, -0.1) is 0 Å². The fourth-order valence-electron chi connectivity index (χ4n) is 1.60. The Morgan fingerprint density at radius 2 is 2.00 bits per heavy atom. The van der Waals surface area contributed by atoms with Crippen molar-refractivity contribution < 1.29 is 14.6 Å². The van der Waals surface area contributed by atoms with Crippen LogP contribution in [0.5, 0.6) is 11.5 Å². The summed E-state index contributed by atoms with van der Waals surface area (Å²) >= 11 is 1.91. The fourth-order valence-corrected chi connectivity index (χ4v) is 2.21. The highest BCUT2D eigenvalue weighted by atomic mass is 32.2. The lowest BCUT2D eigenvalue weighted by molar-refractivity contribution is 0.260. The van der Waals surface area contributed by atoms with E-state index in [1.165, 1.54) is 0 Å². The highest BCUT2D eigenvalue weighted by molar-refractivity contribution is 7.99. The first-order valence-electron chi connectivity index (χ1n) is 6.88. The zero-order valence-corrected chi connectivity index (χ0v) is 12.7. The van der Waals surface area contributed by atoms with Gasteiger partial charge >= 0.3 is 0 Å². The van der Waals surface area contributed by atoms with E-state index in [4.69, 9.17) is 9.47 Å². The van der Waals surface area contributed by atoms with Gasteiger partial charge in [0.25, 0.3) is 0 Å². The molecule has 0 radical (unpaired) electrons. The van der Waals surface area contributed by atoms with Crippen LogP contribution in [0.15, 0.2) is 18.2 Å². The average molecular weight is 284 g/mol. The van der Waals surface area contributed by atoms with Crippen molar-refractivity contribution in [2.45, 2.75) is 33.3 Å². The molecule has 0 aromatic heterocycles. The van der Waals surface area contributed by atoms with Gasteiger partial charge in [0.15, 0.2) is 0 Å². The number of aliphatic hydroxyl groups is 1. The van der Waals surface area contributed by atoms with Crippen molar-refractivity contribution in [3.05, 3.63) is 23.8 Å². The van der Waals surface area contributed by atoms with E-state index < -0.39 is 0 Å². The minimum absolute atomic E-state index is 0.00684. The van der Waals surface area contributed by atoms with Crippen LogP contribution in [0, 0.1) is 0 Å². The van der Waals surface area contributed by atoms with Crippen molar-refractivity contribution in [3.63, 3.8) is 0 Å². The van der Waals surface area contributed by atoms with Gasteiger partial charge < -0.3 is 14.6 Å². The van der Waals surface area contributed by atoms with Gasteiger partial charge in [0, 0.05) is 11.6 Å². The van der Waals surface area contributed by atoms with Gasteiger partial charge in [-0.05, 0) is 36.5 Å². The quantitative estimate of drug-likeness (QED) is 0.668. The largest absolute Gasteiger partial charge is 0.493 e. The molecule has 0 bridgehead atoms. The molecule has 4 heteroatoms. The van der Waals surface area contributed by atoms with Crippen LogP contribution in [0.2, 0.25) is 0 Å². The van der Waals surface area contributed by atoms with Crippen LogP contribution in [-0.4, -0.2) is 29.8 Å². The Balaban J connectivity index is 2.52. The Kier molecular flexibility index (Phi) is 8.50. The molecule has 0 aliphatic heterocycles. The van der Waals surface area contributed by atoms with E-state index in [0.717, 1.165) is 41.4 Å². The monoisotopic (exact) mass is 284 g/mol. The zero-order valence-electron chi connectivity index (χ0n) is 11.9. The van der Waals surface area contributed by atoms with Gasteiger partial charge in [0.1, 0.15) is 11.5 Å². The molecule has 1 aromatic rings. The number of benzene rings is 1. The average Bonchev–Trinajstić information content (AvgIpc) is 2.45. The first kappa shape index (κ1) is 16.2. The van der Waals surface area contributed by atoms with Crippen LogP contribution in [0.4, 0.5) is 0 Å². The zero-order chi connectivity index (χ0) is 13.9. The van der Waals surface area contributed by atoms with Crippen molar-refractivity contribution in [3.8, 4) is 11.5 Å². The lowest BCUT2D eigenvalue weighted by Gasteiger charge is -2.12. The third-order valence-electron chi connectivity index (χ3n) is 2.58. The number of rotatable bonds is 10. The summed E-state index contributed by atoms with van der Waals surface area (Å²) in [5, 5.41) is 9.30. The van der Waals surface area contributed by atoms with Crippen LogP contribution in [0.25, 0.3) is 0 Å². The van der Waals surface area contributed by atoms with Crippen molar-refractivity contribution in [1.82, 2.24) is 0 Å². The summed E-state index contributed by atoms with van der Waals surface area (Å²) in [6.07, 6.45) is 2.00. The van der Waals surface area contributed by atoms with E-state index in [0.29, 0.717) is 13.2 Å². The molecule has 1 rings (SSSR count). The standard InChI is InChI=1S/C15H24O3S/c1-3-8-17-14-7-6-13(12-16)15(11-14)18-9-5-10-19-4-2/h6-7,11,16H,3-5,8-10,12H2,1-2H3. The number of ether oxygens (including phenoxy) is 2. The number of aliphatic hydroxyl groups excluding tert-OH is 1. The maximum absolute atomic E-state index is 9.30. The molecule has 1 aromatic carbocycles. The topological polar surface area (TPSA) is 38.7 Å². The lowest BCUT2D eigenvalue weighted by Crippen LogP contribution is -2.03. The van der Waals surface area contributed by atoms with Gasteiger partial charge in [-0.25, -0.2) is 0 Å². The van der Waals surface area contributed by atoms with Crippen LogP contribution >= 0.6 is 11.8 Å². The summed E-state index contributed by atoms with van der Waals surface area (Å²) in [5.74, 6) is 3.79. The second-order valence-electron chi connectivity index (χ2n) is 4.18. The Morgan fingerprint density at radius 1 is 1.16 bits per heavy atom. The van der Waals surface area contributed by atoms with Gasteiger partial charge in [0.05, 0.1) is 19.8 Å². The normalized spacial score (nSPS) is 10.5. The van der Waals surface area contributed by atoms with E-state index in [-0.39, 0.29) is 6.61 Å². The van der Waals surface area contributed by atoms with Crippen molar-refractivity contribution in [2.24, 2.45) is 0 Å². The van der Waals surface area contributed by atoms with Crippen molar-refractivity contribution >= 4 is 11.8 Å². The fraction of sp³-hybridized carbons (Fsp3) is 0.600. The van der Waals surface area contributed by atoms with E-state index in [1.54, 1.807) is 0 Å². The summed E-state index contributed by atoms with van der Waals surface area (Å²) in [5.41, 5.74) is 0.812. The lowest BCUT2D eigenvalue weighted by atomic mass is 10.2. The van der Waals surface area contributed by atoms with E-state index in [1.807, 2.05) is 30.0 Å². The molecule has 1 N–H and O–H groups in total. The molecule has 0 aliphatic rings. The molecule has 0 spiro atoms. The first-order chi connectivity index (χ1) is 9.31. The predicted octanol–water partition coefficient (Wildman–Crippen LogP) is 3.49. The van der Waals surface area contributed by atoms with E-state index in [2.05, 4.69) is 13.8 Å². The summed E-state index contributed by atoms with van der Waals surface area (Å²) in [6, 6.07) is 5.61. The Labute approximate surface area is 120 Å². The molecule has 0 aliphatic carbocycles. The van der Waals surface area contributed by atoms with Crippen LogP contribution in [0.1, 0.15) is 32.3 Å². The molecular weight excluding hydrogens is 260 g/mol. The number of hydrogen-bond donors (Lipinski definition) is 1. The van der Waals surface area contributed by atoms with Crippen molar-refractivity contribution in [2.75, 3.05) is 24.7 Å². The molecule has 3 nitrogen and oxygen atoms in total.